The van der Waals surface area contributed by atoms with Crippen molar-refractivity contribution in [2.45, 2.75) is 52.1 Å². The third kappa shape index (κ3) is 6.92. The lowest BCUT2D eigenvalue weighted by Crippen LogP contribution is -2.14. The fraction of sp³-hybridized carbons (Fsp3) is 0.478. The molecule has 0 spiro atoms. The van der Waals surface area contributed by atoms with Crippen molar-refractivity contribution < 1.29 is 14.2 Å². The number of methoxy groups -OCH3 is 2. The molecule has 0 heterocycles. The van der Waals surface area contributed by atoms with Crippen molar-refractivity contribution >= 4 is 11.6 Å². The molecule has 0 unspecified atom stereocenters. The zero-order chi connectivity index (χ0) is 20.2. The Balaban J connectivity index is 1.88. The average Bonchev–Trinajstić information content (AvgIpc) is 2.72. The van der Waals surface area contributed by atoms with E-state index in [-0.39, 0.29) is 0 Å². The molecule has 0 atom stereocenters. The van der Waals surface area contributed by atoms with Crippen molar-refractivity contribution in [3.63, 3.8) is 0 Å². The fourth-order valence-corrected chi connectivity index (χ4v) is 3.26. The van der Waals surface area contributed by atoms with Gasteiger partial charge in [-0.05, 0) is 24.1 Å². The Hall–Kier alpha value is -1.91. The lowest BCUT2D eigenvalue weighted by atomic mass is 10.1. The van der Waals surface area contributed by atoms with E-state index in [0.29, 0.717) is 29.6 Å². The van der Waals surface area contributed by atoms with Crippen molar-refractivity contribution in [3.05, 3.63) is 52.5 Å². The highest BCUT2D eigenvalue weighted by molar-refractivity contribution is 6.31. The van der Waals surface area contributed by atoms with Crippen LogP contribution in [0, 0.1) is 0 Å². The minimum Gasteiger partial charge on any atom is -0.493 e. The Morgan fingerprint density at radius 3 is 2.25 bits per heavy atom. The summed E-state index contributed by atoms with van der Waals surface area (Å²) in [5.74, 6) is 2.26. The minimum absolute atomic E-state index is 0.630. The lowest BCUT2D eigenvalue weighted by Gasteiger charge is -2.14. The van der Waals surface area contributed by atoms with E-state index in [1.165, 1.54) is 25.7 Å². The zero-order valence-electron chi connectivity index (χ0n) is 17.2. The second-order valence-corrected chi connectivity index (χ2v) is 7.18. The number of benzene rings is 2. The molecule has 0 bridgehead atoms. The van der Waals surface area contributed by atoms with E-state index in [9.17, 15) is 0 Å². The molecule has 2 aromatic rings. The van der Waals surface area contributed by atoms with Crippen LogP contribution in [0.25, 0.3) is 0 Å². The van der Waals surface area contributed by atoms with Gasteiger partial charge in [0.15, 0.2) is 11.5 Å². The van der Waals surface area contributed by atoms with Gasteiger partial charge in [-0.1, -0.05) is 62.4 Å². The topological polar surface area (TPSA) is 39.7 Å². The average molecular weight is 406 g/mol. The molecular formula is C23H32ClNO3. The molecule has 4 nitrogen and oxygen atoms in total. The number of rotatable bonds is 13. The minimum atomic E-state index is 0.630. The third-order valence-corrected chi connectivity index (χ3v) is 5.01. The number of ether oxygens (including phenoxy) is 3. The van der Waals surface area contributed by atoms with Gasteiger partial charge in [0.25, 0.3) is 0 Å². The Morgan fingerprint density at radius 2 is 1.50 bits per heavy atom. The quantitative estimate of drug-likeness (QED) is 0.415. The molecular weight excluding hydrogens is 374 g/mol. The highest BCUT2D eigenvalue weighted by atomic mass is 35.5. The summed E-state index contributed by atoms with van der Waals surface area (Å²) in [6, 6.07) is 11.9. The van der Waals surface area contributed by atoms with Gasteiger partial charge in [0.2, 0.25) is 0 Å². The molecule has 28 heavy (non-hydrogen) atoms. The maximum atomic E-state index is 6.37. The van der Waals surface area contributed by atoms with Gasteiger partial charge in [-0.15, -0.1) is 0 Å². The van der Waals surface area contributed by atoms with E-state index in [0.717, 1.165) is 29.9 Å². The Labute approximate surface area is 174 Å². The number of hydrogen-bond acceptors (Lipinski definition) is 4. The van der Waals surface area contributed by atoms with Crippen LogP contribution >= 0.6 is 11.6 Å². The molecule has 0 saturated carbocycles. The van der Waals surface area contributed by atoms with Crippen LogP contribution in [-0.2, 0) is 13.1 Å². The first kappa shape index (κ1) is 22.4. The SMILES string of the molecule is CCCCCCCOc1ccccc1CNCc1cc(OC)c(OC)cc1Cl. The summed E-state index contributed by atoms with van der Waals surface area (Å²) in [5, 5.41) is 4.10. The number of unbranched alkanes of at least 4 members (excludes halogenated alkanes) is 4. The summed E-state index contributed by atoms with van der Waals surface area (Å²) in [5.41, 5.74) is 2.11. The summed E-state index contributed by atoms with van der Waals surface area (Å²) >= 11 is 6.37. The van der Waals surface area contributed by atoms with Crippen LogP contribution in [0.2, 0.25) is 5.02 Å². The van der Waals surface area contributed by atoms with Crippen LogP contribution in [-0.4, -0.2) is 20.8 Å². The summed E-state index contributed by atoms with van der Waals surface area (Å²) < 4.78 is 16.7. The number of halogens is 1. The Morgan fingerprint density at radius 1 is 0.821 bits per heavy atom. The van der Waals surface area contributed by atoms with Gasteiger partial charge in [-0.25, -0.2) is 0 Å². The smallest absolute Gasteiger partial charge is 0.162 e. The van der Waals surface area contributed by atoms with E-state index in [1.807, 2.05) is 24.3 Å². The van der Waals surface area contributed by atoms with Crippen molar-refractivity contribution in [2.75, 3.05) is 20.8 Å². The first-order valence-electron chi connectivity index (χ1n) is 10.0. The zero-order valence-corrected chi connectivity index (χ0v) is 18.0. The van der Waals surface area contributed by atoms with Crippen molar-refractivity contribution in [2.24, 2.45) is 0 Å². The van der Waals surface area contributed by atoms with Gasteiger partial charge >= 0.3 is 0 Å². The molecule has 1 N–H and O–H groups in total. The van der Waals surface area contributed by atoms with Crippen LogP contribution in [0.15, 0.2) is 36.4 Å². The van der Waals surface area contributed by atoms with Crippen LogP contribution in [0.4, 0.5) is 0 Å². The van der Waals surface area contributed by atoms with Crippen LogP contribution < -0.4 is 19.5 Å². The molecule has 0 amide bonds. The summed E-state index contributed by atoms with van der Waals surface area (Å²) in [6.07, 6.45) is 6.18. The van der Waals surface area contributed by atoms with E-state index >= 15 is 0 Å². The maximum absolute atomic E-state index is 6.37. The van der Waals surface area contributed by atoms with E-state index < -0.39 is 0 Å². The molecule has 0 aromatic heterocycles. The first-order chi connectivity index (χ1) is 13.7. The normalized spacial score (nSPS) is 10.7. The van der Waals surface area contributed by atoms with Gasteiger partial charge in [0, 0.05) is 29.7 Å². The standard InChI is InChI=1S/C23H32ClNO3/c1-4-5-6-7-10-13-28-21-12-9-8-11-18(21)16-25-17-19-14-22(26-2)23(27-3)15-20(19)24/h8-9,11-12,14-15,25H,4-7,10,13,16-17H2,1-3H3. The summed E-state index contributed by atoms with van der Waals surface area (Å²) in [6.45, 7) is 4.33. The van der Waals surface area contributed by atoms with Crippen LogP contribution in [0.5, 0.6) is 17.2 Å². The Kier molecular flexibility index (Phi) is 10.0. The van der Waals surface area contributed by atoms with Crippen molar-refractivity contribution in [1.29, 1.82) is 0 Å². The van der Waals surface area contributed by atoms with E-state index in [2.05, 4.69) is 18.3 Å². The van der Waals surface area contributed by atoms with Gasteiger partial charge < -0.3 is 19.5 Å². The van der Waals surface area contributed by atoms with Crippen LogP contribution in [0.1, 0.15) is 50.2 Å². The third-order valence-electron chi connectivity index (χ3n) is 4.66. The van der Waals surface area contributed by atoms with Gasteiger partial charge in [-0.2, -0.15) is 0 Å². The second kappa shape index (κ2) is 12.5. The van der Waals surface area contributed by atoms with Crippen molar-refractivity contribution in [3.8, 4) is 17.2 Å². The molecule has 154 valence electrons. The predicted octanol–water partition coefficient (Wildman–Crippen LogP) is 6.00. The number of hydrogen-bond donors (Lipinski definition) is 1. The highest BCUT2D eigenvalue weighted by Gasteiger charge is 2.10. The van der Waals surface area contributed by atoms with E-state index in [4.69, 9.17) is 25.8 Å². The van der Waals surface area contributed by atoms with Gasteiger partial charge in [0.05, 0.1) is 20.8 Å². The monoisotopic (exact) mass is 405 g/mol. The highest BCUT2D eigenvalue weighted by Crippen LogP contribution is 2.33. The van der Waals surface area contributed by atoms with Crippen LogP contribution in [0.3, 0.4) is 0 Å². The number of para-hydroxylation sites is 1. The van der Waals surface area contributed by atoms with Crippen molar-refractivity contribution in [1.82, 2.24) is 5.32 Å². The van der Waals surface area contributed by atoms with Gasteiger partial charge in [0.1, 0.15) is 5.75 Å². The van der Waals surface area contributed by atoms with Gasteiger partial charge in [-0.3, -0.25) is 0 Å². The molecule has 0 aliphatic heterocycles. The molecule has 0 fully saturated rings. The van der Waals surface area contributed by atoms with E-state index in [1.54, 1.807) is 20.3 Å². The molecule has 0 saturated heterocycles. The predicted molar refractivity (Wildman–Crippen MR) is 116 cm³/mol. The largest absolute Gasteiger partial charge is 0.493 e. The Bertz CT molecular complexity index is 721. The molecule has 0 aliphatic rings. The molecule has 0 radical (unpaired) electrons. The fourth-order valence-electron chi connectivity index (χ4n) is 3.04. The summed E-state index contributed by atoms with van der Waals surface area (Å²) in [7, 11) is 3.23. The second-order valence-electron chi connectivity index (χ2n) is 6.77. The first-order valence-corrected chi connectivity index (χ1v) is 10.4. The molecule has 5 heteroatoms. The number of nitrogens with one attached hydrogen (secondary N) is 1. The molecule has 0 aliphatic carbocycles. The molecule has 2 aromatic carbocycles. The summed E-state index contributed by atoms with van der Waals surface area (Å²) in [4.78, 5) is 0. The lowest BCUT2D eigenvalue weighted by molar-refractivity contribution is 0.301. The maximum Gasteiger partial charge on any atom is 0.162 e. The molecule has 2 rings (SSSR count).